The third-order valence-corrected chi connectivity index (χ3v) is 2.99. The molecule has 1 aliphatic heterocycles. The molecule has 0 aromatic rings. The zero-order chi connectivity index (χ0) is 11.8. The molecule has 1 fully saturated rings. The summed E-state index contributed by atoms with van der Waals surface area (Å²) in [6, 6.07) is 0. The van der Waals surface area contributed by atoms with Gasteiger partial charge < -0.3 is 9.47 Å². The van der Waals surface area contributed by atoms with Gasteiger partial charge in [-0.3, -0.25) is 4.90 Å². The number of ether oxygens (including phenoxy) is 2. The number of rotatable bonds is 7. The van der Waals surface area contributed by atoms with Gasteiger partial charge in [-0.05, 0) is 32.2 Å². The van der Waals surface area contributed by atoms with Crippen LogP contribution in [-0.2, 0) is 9.47 Å². The number of morpholine rings is 1. The lowest BCUT2D eigenvalue weighted by Crippen LogP contribution is -2.44. The van der Waals surface area contributed by atoms with Crippen LogP contribution in [0.4, 0.5) is 0 Å². The summed E-state index contributed by atoms with van der Waals surface area (Å²) in [6.07, 6.45) is 2.92. The van der Waals surface area contributed by atoms with Crippen LogP contribution in [0, 0.1) is 5.92 Å². The Balaban J connectivity index is 2.12. The van der Waals surface area contributed by atoms with Crippen molar-refractivity contribution in [1.82, 2.24) is 4.90 Å². The van der Waals surface area contributed by atoms with E-state index >= 15 is 0 Å². The van der Waals surface area contributed by atoms with Crippen molar-refractivity contribution in [2.45, 2.75) is 39.7 Å². The van der Waals surface area contributed by atoms with Crippen LogP contribution in [0.25, 0.3) is 0 Å². The molecule has 0 aromatic carbocycles. The molecule has 1 aliphatic rings. The van der Waals surface area contributed by atoms with E-state index < -0.39 is 0 Å². The Labute approximate surface area is 100 Å². The Hall–Kier alpha value is -0.120. The molecule has 0 unspecified atom stereocenters. The summed E-state index contributed by atoms with van der Waals surface area (Å²) in [4.78, 5) is 2.51. The van der Waals surface area contributed by atoms with Crippen molar-refractivity contribution in [1.29, 1.82) is 0 Å². The van der Waals surface area contributed by atoms with Crippen molar-refractivity contribution in [3.8, 4) is 0 Å². The maximum atomic E-state index is 5.67. The lowest BCUT2D eigenvalue weighted by atomic mass is 10.1. The van der Waals surface area contributed by atoms with Crippen molar-refractivity contribution < 1.29 is 9.47 Å². The monoisotopic (exact) mass is 229 g/mol. The topological polar surface area (TPSA) is 21.7 Å². The van der Waals surface area contributed by atoms with Crippen LogP contribution < -0.4 is 0 Å². The SMILES string of the molecule is CCOC[C@H]1CN(CCCC(C)C)CCO1. The highest BCUT2D eigenvalue weighted by molar-refractivity contribution is 4.71. The van der Waals surface area contributed by atoms with Gasteiger partial charge in [-0.15, -0.1) is 0 Å². The quantitative estimate of drug-likeness (QED) is 0.668. The van der Waals surface area contributed by atoms with E-state index in [0.29, 0.717) is 0 Å². The molecular formula is C13H27NO2. The van der Waals surface area contributed by atoms with E-state index in [-0.39, 0.29) is 6.10 Å². The molecule has 0 amide bonds. The van der Waals surface area contributed by atoms with Gasteiger partial charge in [-0.2, -0.15) is 0 Å². The molecule has 1 heterocycles. The summed E-state index contributed by atoms with van der Waals surface area (Å²) < 4.78 is 11.1. The molecule has 0 aromatic heterocycles. The van der Waals surface area contributed by atoms with Crippen molar-refractivity contribution in [2.24, 2.45) is 5.92 Å². The van der Waals surface area contributed by atoms with E-state index in [1.54, 1.807) is 0 Å². The molecule has 3 heteroatoms. The van der Waals surface area contributed by atoms with Gasteiger partial charge in [0.05, 0.1) is 19.3 Å². The molecule has 0 bridgehead atoms. The first kappa shape index (κ1) is 13.9. The minimum Gasteiger partial charge on any atom is -0.379 e. The average Bonchev–Trinajstić information content (AvgIpc) is 2.26. The van der Waals surface area contributed by atoms with Gasteiger partial charge in [-0.25, -0.2) is 0 Å². The largest absolute Gasteiger partial charge is 0.379 e. The van der Waals surface area contributed by atoms with Crippen LogP contribution in [-0.4, -0.2) is 50.5 Å². The van der Waals surface area contributed by atoms with Gasteiger partial charge in [-0.1, -0.05) is 13.8 Å². The van der Waals surface area contributed by atoms with Gasteiger partial charge in [0, 0.05) is 19.7 Å². The maximum absolute atomic E-state index is 5.67. The fourth-order valence-electron chi connectivity index (χ4n) is 2.06. The minimum atomic E-state index is 0.285. The lowest BCUT2D eigenvalue weighted by molar-refractivity contribution is -0.0676. The van der Waals surface area contributed by atoms with E-state index in [2.05, 4.69) is 18.7 Å². The predicted molar refractivity (Wildman–Crippen MR) is 66.7 cm³/mol. The molecule has 1 atom stereocenters. The fraction of sp³-hybridized carbons (Fsp3) is 1.00. The molecule has 0 spiro atoms. The van der Waals surface area contributed by atoms with Gasteiger partial charge in [0.1, 0.15) is 0 Å². The second kappa shape index (κ2) is 8.04. The Morgan fingerprint density at radius 2 is 2.25 bits per heavy atom. The van der Waals surface area contributed by atoms with Crippen LogP contribution in [0.1, 0.15) is 33.6 Å². The summed E-state index contributed by atoms with van der Waals surface area (Å²) in [6.45, 7) is 12.3. The molecule has 0 N–H and O–H groups in total. The highest BCUT2D eigenvalue weighted by Gasteiger charge is 2.19. The highest BCUT2D eigenvalue weighted by Crippen LogP contribution is 2.09. The molecule has 0 saturated carbocycles. The Morgan fingerprint density at radius 3 is 2.94 bits per heavy atom. The smallest absolute Gasteiger partial charge is 0.0935 e. The predicted octanol–water partition coefficient (Wildman–Crippen LogP) is 2.16. The van der Waals surface area contributed by atoms with Crippen molar-refractivity contribution in [2.75, 3.05) is 39.5 Å². The van der Waals surface area contributed by atoms with Crippen molar-refractivity contribution >= 4 is 0 Å². The van der Waals surface area contributed by atoms with E-state index in [0.717, 1.165) is 38.8 Å². The van der Waals surface area contributed by atoms with Crippen LogP contribution >= 0.6 is 0 Å². The second-order valence-electron chi connectivity index (χ2n) is 4.99. The molecule has 0 radical (unpaired) electrons. The Bertz CT molecular complexity index is 173. The van der Waals surface area contributed by atoms with Crippen LogP contribution in [0.3, 0.4) is 0 Å². The van der Waals surface area contributed by atoms with Crippen LogP contribution in [0.5, 0.6) is 0 Å². The van der Waals surface area contributed by atoms with E-state index in [1.165, 1.54) is 19.4 Å². The van der Waals surface area contributed by atoms with Gasteiger partial charge in [0.25, 0.3) is 0 Å². The maximum Gasteiger partial charge on any atom is 0.0935 e. The minimum absolute atomic E-state index is 0.285. The summed E-state index contributed by atoms with van der Waals surface area (Å²) in [7, 11) is 0. The molecule has 96 valence electrons. The number of hydrogen-bond acceptors (Lipinski definition) is 3. The molecular weight excluding hydrogens is 202 g/mol. The molecule has 16 heavy (non-hydrogen) atoms. The average molecular weight is 229 g/mol. The Morgan fingerprint density at radius 1 is 1.44 bits per heavy atom. The van der Waals surface area contributed by atoms with Gasteiger partial charge in [0.2, 0.25) is 0 Å². The summed E-state index contributed by atoms with van der Waals surface area (Å²) in [5, 5.41) is 0. The summed E-state index contributed by atoms with van der Waals surface area (Å²) >= 11 is 0. The van der Waals surface area contributed by atoms with Gasteiger partial charge >= 0.3 is 0 Å². The van der Waals surface area contributed by atoms with E-state index in [9.17, 15) is 0 Å². The van der Waals surface area contributed by atoms with Crippen LogP contribution in [0.2, 0.25) is 0 Å². The first-order chi connectivity index (χ1) is 7.72. The third-order valence-electron chi connectivity index (χ3n) is 2.99. The van der Waals surface area contributed by atoms with E-state index in [1.807, 2.05) is 6.92 Å². The van der Waals surface area contributed by atoms with E-state index in [4.69, 9.17) is 9.47 Å². The zero-order valence-corrected chi connectivity index (χ0v) is 11.1. The highest BCUT2D eigenvalue weighted by atomic mass is 16.5. The summed E-state index contributed by atoms with van der Waals surface area (Å²) in [5.41, 5.74) is 0. The summed E-state index contributed by atoms with van der Waals surface area (Å²) in [5.74, 6) is 0.820. The zero-order valence-electron chi connectivity index (χ0n) is 11.1. The molecule has 3 nitrogen and oxygen atoms in total. The van der Waals surface area contributed by atoms with Crippen molar-refractivity contribution in [3.05, 3.63) is 0 Å². The first-order valence-corrected chi connectivity index (χ1v) is 6.64. The third kappa shape index (κ3) is 5.83. The molecule has 1 saturated heterocycles. The lowest BCUT2D eigenvalue weighted by Gasteiger charge is -2.32. The van der Waals surface area contributed by atoms with Crippen molar-refractivity contribution in [3.63, 3.8) is 0 Å². The number of nitrogens with zero attached hydrogens (tertiary/aromatic N) is 1. The van der Waals surface area contributed by atoms with Gasteiger partial charge in [0.15, 0.2) is 0 Å². The standard InChI is InChI=1S/C13H27NO2/c1-4-15-11-13-10-14(8-9-16-13)7-5-6-12(2)3/h12-13H,4-11H2,1-3H3/t13-/m1/s1. The second-order valence-corrected chi connectivity index (χ2v) is 4.99. The molecule has 0 aliphatic carbocycles. The Kier molecular flexibility index (Phi) is 7.01. The number of hydrogen-bond donors (Lipinski definition) is 0. The van der Waals surface area contributed by atoms with Crippen LogP contribution in [0.15, 0.2) is 0 Å². The molecule has 1 rings (SSSR count). The first-order valence-electron chi connectivity index (χ1n) is 6.64. The fourth-order valence-corrected chi connectivity index (χ4v) is 2.06. The normalized spacial score (nSPS) is 22.9.